The summed E-state index contributed by atoms with van der Waals surface area (Å²) in [6, 6.07) is 0. The third kappa shape index (κ3) is 2.19. The van der Waals surface area contributed by atoms with Crippen LogP contribution in [0, 0.1) is 0 Å². The van der Waals surface area contributed by atoms with Crippen molar-refractivity contribution >= 4 is 28.1 Å². The number of fused-ring (bicyclic) bond motifs is 1. The zero-order valence-corrected chi connectivity index (χ0v) is 10.6. The molecular formula is C10H15N3S2. The number of thioether (sulfide) groups is 1. The quantitative estimate of drug-likeness (QED) is 0.816. The fourth-order valence-corrected chi connectivity index (χ4v) is 3.02. The summed E-state index contributed by atoms with van der Waals surface area (Å²) in [7, 11) is 0. The highest BCUT2D eigenvalue weighted by atomic mass is 32.2. The predicted octanol–water partition coefficient (Wildman–Crippen LogP) is 2.62. The second-order valence-corrected chi connectivity index (χ2v) is 5.26. The van der Waals surface area contributed by atoms with Crippen LogP contribution in [0.1, 0.15) is 19.5 Å². The van der Waals surface area contributed by atoms with Gasteiger partial charge in [-0.1, -0.05) is 13.8 Å². The van der Waals surface area contributed by atoms with Crippen LogP contribution in [-0.4, -0.2) is 21.7 Å². The van der Waals surface area contributed by atoms with Crippen LogP contribution in [0.25, 0.3) is 4.96 Å². The lowest BCUT2D eigenvalue weighted by molar-refractivity contribution is 0.694. The minimum atomic E-state index is 0.900. The molecule has 0 atom stereocenters. The molecule has 2 heterocycles. The molecule has 2 aromatic rings. The maximum atomic E-state index is 4.62. The number of aromatic nitrogens is 2. The van der Waals surface area contributed by atoms with Gasteiger partial charge in [0.05, 0.1) is 5.69 Å². The molecule has 0 fully saturated rings. The van der Waals surface area contributed by atoms with Gasteiger partial charge in [0, 0.05) is 18.1 Å². The van der Waals surface area contributed by atoms with Crippen LogP contribution < -0.4 is 5.32 Å². The molecule has 0 aliphatic carbocycles. The molecule has 0 saturated carbocycles. The number of thiazole rings is 1. The maximum absolute atomic E-state index is 4.62. The Bertz CT molecular complexity index is 433. The maximum Gasteiger partial charge on any atom is 0.194 e. The molecule has 0 radical (unpaired) electrons. The van der Waals surface area contributed by atoms with E-state index >= 15 is 0 Å². The zero-order valence-electron chi connectivity index (χ0n) is 8.99. The van der Waals surface area contributed by atoms with Crippen LogP contribution >= 0.6 is 23.1 Å². The monoisotopic (exact) mass is 241 g/mol. The van der Waals surface area contributed by atoms with E-state index in [-0.39, 0.29) is 0 Å². The molecule has 82 valence electrons. The van der Waals surface area contributed by atoms with Gasteiger partial charge in [-0.15, -0.1) is 23.1 Å². The summed E-state index contributed by atoms with van der Waals surface area (Å²) in [5.41, 5.74) is 1.29. The van der Waals surface area contributed by atoms with Gasteiger partial charge >= 0.3 is 0 Å². The average molecular weight is 241 g/mol. The number of nitrogens with one attached hydrogen (secondary N) is 1. The molecule has 0 aliphatic rings. The third-order valence-electron chi connectivity index (χ3n) is 2.15. The number of nitrogens with zero attached hydrogens (tertiary/aromatic N) is 2. The van der Waals surface area contributed by atoms with Crippen molar-refractivity contribution < 1.29 is 0 Å². The molecule has 0 saturated heterocycles. The van der Waals surface area contributed by atoms with Gasteiger partial charge in [0.25, 0.3) is 0 Å². The summed E-state index contributed by atoms with van der Waals surface area (Å²) < 4.78 is 2.19. The van der Waals surface area contributed by atoms with Crippen molar-refractivity contribution in [3.8, 4) is 0 Å². The summed E-state index contributed by atoms with van der Waals surface area (Å²) in [4.78, 5) is 5.72. The lowest BCUT2D eigenvalue weighted by Crippen LogP contribution is -2.13. The first-order chi connectivity index (χ1) is 7.36. The smallest absolute Gasteiger partial charge is 0.194 e. The largest absolute Gasteiger partial charge is 0.311 e. The number of imidazole rings is 1. The Hall–Kier alpha value is -0.520. The van der Waals surface area contributed by atoms with Gasteiger partial charge in [-0.05, 0) is 12.3 Å². The van der Waals surface area contributed by atoms with Crippen molar-refractivity contribution in [3.63, 3.8) is 0 Å². The average Bonchev–Trinajstić information content (AvgIpc) is 2.77. The number of hydrogen-bond acceptors (Lipinski definition) is 4. The van der Waals surface area contributed by atoms with E-state index in [0.29, 0.717) is 0 Å². The predicted molar refractivity (Wildman–Crippen MR) is 66.8 cm³/mol. The van der Waals surface area contributed by atoms with Crippen LogP contribution in [0.3, 0.4) is 0 Å². The normalized spacial score (nSPS) is 11.3. The van der Waals surface area contributed by atoms with Gasteiger partial charge in [0.2, 0.25) is 0 Å². The minimum Gasteiger partial charge on any atom is -0.311 e. The van der Waals surface area contributed by atoms with Gasteiger partial charge in [-0.25, -0.2) is 4.98 Å². The molecule has 2 aromatic heterocycles. The van der Waals surface area contributed by atoms with Crippen LogP contribution in [0.4, 0.5) is 0 Å². The van der Waals surface area contributed by atoms with Crippen molar-refractivity contribution in [3.05, 3.63) is 17.3 Å². The number of rotatable bonds is 5. The summed E-state index contributed by atoms with van der Waals surface area (Å²) in [6.07, 6.45) is 2.10. The Morgan fingerprint density at radius 1 is 1.53 bits per heavy atom. The highest BCUT2D eigenvalue weighted by Gasteiger charge is 2.11. The van der Waals surface area contributed by atoms with Crippen LogP contribution in [0.2, 0.25) is 0 Å². The molecule has 0 spiro atoms. The first-order valence-electron chi connectivity index (χ1n) is 5.14. The van der Waals surface area contributed by atoms with E-state index in [2.05, 4.69) is 40.1 Å². The molecule has 15 heavy (non-hydrogen) atoms. The molecule has 0 unspecified atom stereocenters. The van der Waals surface area contributed by atoms with Crippen molar-refractivity contribution in [2.24, 2.45) is 0 Å². The first-order valence-corrected chi connectivity index (χ1v) is 7.01. The van der Waals surface area contributed by atoms with Gasteiger partial charge < -0.3 is 5.32 Å². The molecule has 2 rings (SSSR count). The van der Waals surface area contributed by atoms with Crippen molar-refractivity contribution in [2.75, 3.05) is 12.3 Å². The third-order valence-corrected chi connectivity index (χ3v) is 3.79. The summed E-state index contributed by atoms with van der Waals surface area (Å²) in [5.74, 6) is 1.07. The SMILES string of the molecule is CCNCc1c(SCC)nc2sccn12. The fourth-order valence-electron chi connectivity index (χ4n) is 1.47. The highest BCUT2D eigenvalue weighted by Crippen LogP contribution is 2.25. The van der Waals surface area contributed by atoms with E-state index in [9.17, 15) is 0 Å². The Morgan fingerprint density at radius 3 is 3.13 bits per heavy atom. The van der Waals surface area contributed by atoms with Gasteiger partial charge in [-0.2, -0.15) is 0 Å². The first kappa shape index (κ1) is 11.0. The van der Waals surface area contributed by atoms with Crippen molar-refractivity contribution in [1.82, 2.24) is 14.7 Å². The van der Waals surface area contributed by atoms with Crippen LogP contribution in [0.15, 0.2) is 16.6 Å². The second kappa shape index (κ2) is 5.01. The molecular weight excluding hydrogens is 226 g/mol. The van der Waals surface area contributed by atoms with Crippen molar-refractivity contribution in [2.45, 2.75) is 25.4 Å². The van der Waals surface area contributed by atoms with E-state index in [1.54, 1.807) is 11.3 Å². The van der Waals surface area contributed by atoms with Gasteiger partial charge in [0.15, 0.2) is 4.96 Å². The Kier molecular flexibility index (Phi) is 3.66. The van der Waals surface area contributed by atoms with E-state index in [0.717, 1.165) is 23.8 Å². The van der Waals surface area contributed by atoms with E-state index in [1.165, 1.54) is 10.7 Å². The molecule has 0 bridgehead atoms. The highest BCUT2D eigenvalue weighted by molar-refractivity contribution is 7.99. The van der Waals surface area contributed by atoms with Gasteiger partial charge in [-0.3, -0.25) is 4.40 Å². The molecule has 0 amide bonds. The Labute approximate surface area is 97.9 Å². The Morgan fingerprint density at radius 2 is 2.40 bits per heavy atom. The van der Waals surface area contributed by atoms with Crippen LogP contribution in [0.5, 0.6) is 0 Å². The Balaban J connectivity index is 2.34. The lowest BCUT2D eigenvalue weighted by atomic mass is 10.4. The molecule has 1 N–H and O–H groups in total. The summed E-state index contributed by atoms with van der Waals surface area (Å²) in [6.45, 7) is 6.18. The molecule has 0 aliphatic heterocycles. The lowest BCUT2D eigenvalue weighted by Gasteiger charge is -2.03. The minimum absolute atomic E-state index is 0.900. The fraction of sp³-hybridized carbons (Fsp3) is 0.500. The van der Waals surface area contributed by atoms with Crippen LogP contribution in [-0.2, 0) is 6.54 Å². The second-order valence-electron chi connectivity index (χ2n) is 3.13. The van der Waals surface area contributed by atoms with Gasteiger partial charge in [0.1, 0.15) is 5.03 Å². The number of hydrogen-bond donors (Lipinski definition) is 1. The standard InChI is InChI=1S/C10H15N3S2/c1-3-11-7-8-9(14-4-2)12-10-13(8)5-6-15-10/h5-6,11H,3-4,7H2,1-2H3. The molecule has 0 aromatic carbocycles. The van der Waals surface area contributed by atoms with Crippen molar-refractivity contribution in [1.29, 1.82) is 0 Å². The summed E-state index contributed by atoms with van der Waals surface area (Å²) >= 11 is 3.51. The molecule has 5 heteroatoms. The zero-order chi connectivity index (χ0) is 10.7. The topological polar surface area (TPSA) is 29.3 Å². The van der Waals surface area contributed by atoms with E-state index < -0.39 is 0 Å². The van der Waals surface area contributed by atoms with E-state index in [1.807, 2.05) is 11.8 Å². The van der Waals surface area contributed by atoms with E-state index in [4.69, 9.17) is 0 Å². The molecule has 3 nitrogen and oxygen atoms in total. The summed E-state index contributed by atoms with van der Waals surface area (Å²) in [5, 5.41) is 6.61.